The molecular formula is C16H19N3O3S. The van der Waals surface area contributed by atoms with Gasteiger partial charge in [-0.05, 0) is 55.8 Å². The van der Waals surface area contributed by atoms with Crippen LogP contribution in [0.4, 0.5) is 0 Å². The Kier molecular flexibility index (Phi) is 3.48. The highest BCUT2D eigenvalue weighted by atomic mass is 32.2. The van der Waals surface area contributed by atoms with Crippen molar-refractivity contribution in [3.8, 4) is 0 Å². The number of carbonyl (C=O) groups is 1. The van der Waals surface area contributed by atoms with Crippen molar-refractivity contribution in [3.63, 3.8) is 0 Å². The molecule has 0 unspecified atom stereocenters. The minimum Gasteiger partial charge on any atom is -0.269 e. The Morgan fingerprint density at radius 1 is 1.09 bits per heavy atom. The van der Waals surface area contributed by atoms with Crippen molar-refractivity contribution >= 4 is 15.9 Å². The summed E-state index contributed by atoms with van der Waals surface area (Å²) in [7, 11) is -3.95. The molecule has 4 bridgehead atoms. The molecule has 23 heavy (non-hydrogen) atoms. The van der Waals surface area contributed by atoms with Crippen LogP contribution in [0, 0.1) is 23.7 Å². The number of sulfonamides is 1. The molecule has 0 spiro atoms. The van der Waals surface area contributed by atoms with Gasteiger partial charge in [0.1, 0.15) is 0 Å². The number of allylic oxidation sites excluding steroid dienone is 1. The lowest BCUT2D eigenvalue weighted by molar-refractivity contribution is -0.115. The van der Waals surface area contributed by atoms with Gasteiger partial charge in [0.15, 0.2) is 5.03 Å². The molecule has 0 saturated heterocycles. The van der Waals surface area contributed by atoms with Crippen molar-refractivity contribution in [2.75, 3.05) is 0 Å². The van der Waals surface area contributed by atoms with E-state index in [4.69, 9.17) is 0 Å². The van der Waals surface area contributed by atoms with Gasteiger partial charge in [-0.25, -0.2) is 9.71 Å². The average molecular weight is 333 g/mol. The number of amides is 1. The molecule has 4 aliphatic carbocycles. The summed E-state index contributed by atoms with van der Waals surface area (Å²) in [5.41, 5.74) is 1.16. The number of hydrogen-bond acceptors (Lipinski definition) is 5. The first-order valence-corrected chi connectivity index (χ1v) is 9.54. The molecule has 4 fully saturated rings. The van der Waals surface area contributed by atoms with Crippen molar-refractivity contribution in [2.45, 2.75) is 37.1 Å². The van der Waals surface area contributed by atoms with Crippen LogP contribution in [0.3, 0.4) is 0 Å². The molecule has 1 aromatic rings. The molecule has 1 amide bonds. The van der Waals surface area contributed by atoms with E-state index in [-0.39, 0.29) is 5.03 Å². The van der Waals surface area contributed by atoms with Gasteiger partial charge in [-0.15, -0.1) is 0 Å². The summed E-state index contributed by atoms with van der Waals surface area (Å²) in [5.74, 6) is 1.98. The van der Waals surface area contributed by atoms with Crippen LogP contribution >= 0.6 is 0 Å². The van der Waals surface area contributed by atoms with Gasteiger partial charge in [0, 0.05) is 18.5 Å². The smallest absolute Gasteiger partial charge is 0.269 e. The fraction of sp³-hybridized carbons (Fsp3) is 0.562. The predicted octanol–water partition coefficient (Wildman–Crippen LogP) is 1.66. The molecule has 7 heteroatoms. The van der Waals surface area contributed by atoms with Crippen LogP contribution in [0.15, 0.2) is 35.3 Å². The first-order chi connectivity index (χ1) is 11.0. The first kappa shape index (κ1) is 14.8. The second kappa shape index (κ2) is 5.40. The molecule has 4 aliphatic rings. The van der Waals surface area contributed by atoms with Crippen LogP contribution in [-0.2, 0) is 14.8 Å². The Hall–Kier alpha value is -1.76. The van der Waals surface area contributed by atoms with Crippen molar-refractivity contribution in [1.29, 1.82) is 0 Å². The standard InChI is InChI=1S/C16H19N3O3S/c20-15(19-23(21,22)16-9-17-1-2-18-16)8-14-12-4-10-3-11(6-12)7-13(14)5-10/h1-2,8-13H,3-7H2,(H,19,20). The van der Waals surface area contributed by atoms with Gasteiger partial charge in [-0.3, -0.25) is 9.78 Å². The van der Waals surface area contributed by atoms with E-state index in [0.717, 1.165) is 49.3 Å². The summed E-state index contributed by atoms with van der Waals surface area (Å²) >= 11 is 0. The largest absolute Gasteiger partial charge is 0.283 e. The van der Waals surface area contributed by atoms with Crippen LogP contribution in [0.5, 0.6) is 0 Å². The monoisotopic (exact) mass is 333 g/mol. The maximum atomic E-state index is 12.2. The highest BCUT2D eigenvalue weighted by Crippen LogP contribution is 2.56. The Labute approximate surface area is 135 Å². The molecule has 1 aromatic heterocycles. The Morgan fingerprint density at radius 3 is 2.30 bits per heavy atom. The Balaban J connectivity index is 1.52. The fourth-order valence-corrected chi connectivity index (χ4v) is 5.58. The van der Waals surface area contributed by atoms with E-state index < -0.39 is 15.9 Å². The minimum atomic E-state index is -3.95. The lowest BCUT2D eigenvalue weighted by Crippen LogP contribution is -2.41. The van der Waals surface area contributed by atoms with E-state index in [1.807, 2.05) is 0 Å². The van der Waals surface area contributed by atoms with Gasteiger partial charge in [0.05, 0.1) is 6.20 Å². The normalized spacial score (nSPS) is 31.9. The van der Waals surface area contributed by atoms with Crippen molar-refractivity contribution in [1.82, 2.24) is 14.7 Å². The SMILES string of the molecule is O=C(C=C1C2CC3CC(C2)CC1C3)NS(=O)(=O)c1cnccn1. The van der Waals surface area contributed by atoms with Gasteiger partial charge in [-0.2, -0.15) is 8.42 Å². The van der Waals surface area contributed by atoms with E-state index in [9.17, 15) is 13.2 Å². The maximum absolute atomic E-state index is 12.2. The van der Waals surface area contributed by atoms with Crippen molar-refractivity contribution in [3.05, 3.63) is 30.2 Å². The summed E-state index contributed by atoms with van der Waals surface area (Å²) in [5, 5.41) is -0.239. The van der Waals surface area contributed by atoms with E-state index in [2.05, 4.69) is 14.7 Å². The molecule has 0 aliphatic heterocycles. The molecule has 0 atom stereocenters. The van der Waals surface area contributed by atoms with E-state index >= 15 is 0 Å². The van der Waals surface area contributed by atoms with Gasteiger partial charge >= 0.3 is 0 Å². The molecule has 1 N–H and O–H groups in total. The topological polar surface area (TPSA) is 89.0 Å². The van der Waals surface area contributed by atoms with Gasteiger partial charge < -0.3 is 0 Å². The third-order valence-electron chi connectivity index (χ3n) is 5.43. The molecule has 1 heterocycles. The van der Waals surface area contributed by atoms with Crippen molar-refractivity contribution < 1.29 is 13.2 Å². The summed E-state index contributed by atoms with van der Waals surface area (Å²) in [6, 6.07) is 0. The number of nitrogens with one attached hydrogen (secondary N) is 1. The molecule has 6 nitrogen and oxygen atoms in total. The molecule has 122 valence electrons. The molecule has 0 aromatic carbocycles. The highest BCUT2D eigenvalue weighted by molar-refractivity contribution is 7.90. The highest BCUT2D eigenvalue weighted by Gasteiger charge is 2.45. The van der Waals surface area contributed by atoms with Gasteiger partial charge in [0.25, 0.3) is 15.9 Å². The lowest BCUT2D eigenvalue weighted by Gasteiger charge is -2.51. The van der Waals surface area contributed by atoms with Gasteiger partial charge in [0.2, 0.25) is 0 Å². The molecular weight excluding hydrogens is 314 g/mol. The van der Waals surface area contributed by atoms with E-state index in [0.29, 0.717) is 11.8 Å². The summed E-state index contributed by atoms with van der Waals surface area (Å²) in [6.07, 6.45) is 11.3. The Bertz CT molecular complexity index is 728. The van der Waals surface area contributed by atoms with Crippen LogP contribution < -0.4 is 4.72 Å². The van der Waals surface area contributed by atoms with E-state index in [1.54, 1.807) is 0 Å². The third-order valence-corrected chi connectivity index (χ3v) is 6.66. The summed E-state index contributed by atoms with van der Waals surface area (Å²) in [4.78, 5) is 19.7. The number of nitrogens with zero attached hydrogens (tertiary/aromatic N) is 2. The zero-order valence-electron chi connectivity index (χ0n) is 12.7. The van der Waals surface area contributed by atoms with Crippen LogP contribution in [0.25, 0.3) is 0 Å². The van der Waals surface area contributed by atoms with Crippen molar-refractivity contribution in [2.24, 2.45) is 23.7 Å². The summed E-state index contributed by atoms with van der Waals surface area (Å²) < 4.78 is 26.3. The zero-order valence-corrected chi connectivity index (χ0v) is 13.5. The Morgan fingerprint density at radius 2 is 1.74 bits per heavy atom. The molecule has 4 saturated carbocycles. The quantitative estimate of drug-likeness (QED) is 0.850. The number of hydrogen-bond donors (Lipinski definition) is 1. The zero-order chi connectivity index (χ0) is 16.0. The third kappa shape index (κ3) is 2.78. The maximum Gasteiger partial charge on any atom is 0.283 e. The van der Waals surface area contributed by atoms with Gasteiger partial charge in [-0.1, -0.05) is 5.57 Å². The van der Waals surface area contributed by atoms with Crippen LogP contribution in [-0.4, -0.2) is 24.3 Å². The molecule has 0 radical (unpaired) electrons. The number of rotatable bonds is 3. The second-order valence-electron chi connectivity index (χ2n) is 6.96. The molecule has 5 rings (SSSR count). The first-order valence-electron chi connectivity index (χ1n) is 8.05. The average Bonchev–Trinajstić information content (AvgIpc) is 2.50. The predicted molar refractivity (Wildman–Crippen MR) is 82.5 cm³/mol. The van der Waals surface area contributed by atoms with E-state index in [1.165, 1.54) is 24.9 Å². The van der Waals surface area contributed by atoms with Crippen LogP contribution in [0.1, 0.15) is 32.1 Å². The minimum absolute atomic E-state index is 0.239. The van der Waals surface area contributed by atoms with Crippen LogP contribution in [0.2, 0.25) is 0 Å². The lowest BCUT2D eigenvalue weighted by atomic mass is 9.54. The fourth-order valence-electron chi connectivity index (χ4n) is 4.75. The number of aromatic nitrogens is 2. The number of carbonyl (C=O) groups excluding carboxylic acids is 1. The second-order valence-corrected chi connectivity index (χ2v) is 8.59. The summed E-state index contributed by atoms with van der Waals surface area (Å²) in [6.45, 7) is 0.